The van der Waals surface area contributed by atoms with E-state index >= 15 is 0 Å². The Morgan fingerprint density at radius 1 is 1.35 bits per heavy atom. The number of fused-ring (bicyclic) bond motifs is 1. The van der Waals surface area contributed by atoms with Gasteiger partial charge in [0.05, 0.1) is 17.8 Å². The molecule has 0 saturated heterocycles. The third kappa shape index (κ3) is 2.85. The Morgan fingerprint density at radius 3 is 2.78 bits per heavy atom. The predicted octanol–water partition coefficient (Wildman–Crippen LogP) is 2.35. The molecule has 23 heavy (non-hydrogen) atoms. The van der Waals surface area contributed by atoms with E-state index in [0.29, 0.717) is 18.0 Å². The SMILES string of the molecule is CC1CN(C(=O)c2ccc(C(=O)O)nc2)c2ccc(F)cc2O1. The number of rotatable bonds is 2. The molecule has 1 aromatic heterocycles. The predicted molar refractivity (Wildman–Crippen MR) is 79.4 cm³/mol. The number of pyridine rings is 1. The number of benzene rings is 1. The fraction of sp³-hybridized carbons (Fsp3) is 0.188. The Balaban J connectivity index is 1.95. The van der Waals surface area contributed by atoms with Gasteiger partial charge in [0.25, 0.3) is 5.91 Å². The number of carboxylic acids is 1. The van der Waals surface area contributed by atoms with E-state index in [1.54, 1.807) is 6.92 Å². The van der Waals surface area contributed by atoms with Crippen molar-refractivity contribution in [2.75, 3.05) is 11.4 Å². The first-order valence-electron chi connectivity index (χ1n) is 6.93. The number of aromatic nitrogens is 1. The Kier molecular flexibility index (Phi) is 3.69. The Bertz CT molecular complexity index is 776. The normalized spacial score (nSPS) is 16.4. The van der Waals surface area contributed by atoms with E-state index in [0.717, 1.165) is 0 Å². The van der Waals surface area contributed by atoms with Gasteiger partial charge in [0.1, 0.15) is 23.4 Å². The minimum Gasteiger partial charge on any atom is -0.487 e. The number of carbonyl (C=O) groups is 2. The van der Waals surface area contributed by atoms with Crippen molar-refractivity contribution >= 4 is 17.6 Å². The average molecular weight is 316 g/mol. The summed E-state index contributed by atoms with van der Waals surface area (Å²) in [5.41, 5.74) is 0.579. The second kappa shape index (κ2) is 5.68. The maximum absolute atomic E-state index is 13.3. The summed E-state index contributed by atoms with van der Waals surface area (Å²) in [6, 6.07) is 6.64. The number of hydrogen-bond donors (Lipinski definition) is 1. The number of ether oxygens (including phenoxy) is 1. The van der Waals surface area contributed by atoms with E-state index in [9.17, 15) is 14.0 Å². The summed E-state index contributed by atoms with van der Waals surface area (Å²) in [4.78, 5) is 28.7. The first kappa shape index (κ1) is 15.0. The maximum Gasteiger partial charge on any atom is 0.354 e. The molecule has 1 unspecified atom stereocenters. The van der Waals surface area contributed by atoms with Gasteiger partial charge in [-0.1, -0.05) is 0 Å². The Hall–Kier alpha value is -2.96. The Labute approximate surface area is 131 Å². The molecule has 6 nitrogen and oxygen atoms in total. The summed E-state index contributed by atoms with van der Waals surface area (Å²) in [5.74, 6) is -1.66. The number of amides is 1. The molecular formula is C16H13FN2O4. The van der Waals surface area contributed by atoms with Crippen LogP contribution in [0.15, 0.2) is 36.5 Å². The molecule has 0 radical (unpaired) electrons. The summed E-state index contributed by atoms with van der Waals surface area (Å²) in [6.45, 7) is 2.08. The number of aromatic carboxylic acids is 1. The van der Waals surface area contributed by atoms with Crippen LogP contribution in [0.3, 0.4) is 0 Å². The molecule has 0 bridgehead atoms. The molecule has 7 heteroatoms. The molecule has 2 aromatic rings. The highest BCUT2D eigenvalue weighted by Crippen LogP contribution is 2.34. The lowest BCUT2D eigenvalue weighted by Crippen LogP contribution is -2.42. The molecule has 1 atom stereocenters. The minimum atomic E-state index is -1.16. The molecule has 2 heterocycles. The monoisotopic (exact) mass is 316 g/mol. The van der Waals surface area contributed by atoms with Gasteiger partial charge >= 0.3 is 5.97 Å². The van der Waals surface area contributed by atoms with Gasteiger partial charge in [-0.25, -0.2) is 14.2 Å². The van der Waals surface area contributed by atoms with Crippen molar-refractivity contribution < 1.29 is 23.8 Å². The van der Waals surface area contributed by atoms with Crippen LogP contribution in [0.25, 0.3) is 0 Å². The summed E-state index contributed by atoms with van der Waals surface area (Å²) in [6.07, 6.45) is 0.925. The molecule has 1 N–H and O–H groups in total. The lowest BCUT2D eigenvalue weighted by atomic mass is 10.1. The van der Waals surface area contributed by atoms with Crippen molar-refractivity contribution in [3.05, 3.63) is 53.6 Å². The summed E-state index contributed by atoms with van der Waals surface area (Å²) in [5, 5.41) is 8.84. The lowest BCUT2D eigenvalue weighted by Gasteiger charge is -2.33. The van der Waals surface area contributed by atoms with Crippen LogP contribution in [0.1, 0.15) is 27.8 Å². The van der Waals surface area contributed by atoms with Crippen LogP contribution >= 0.6 is 0 Å². The quantitative estimate of drug-likeness (QED) is 0.920. The van der Waals surface area contributed by atoms with E-state index in [-0.39, 0.29) is 23.3 Å². The van der Waals surface area contributed by atoms with Crippen molar-refractivity contribution in [2.45, 2.75) is 13.0 Å². The summed E-state index contributed by atoms with van der Waals surface area (Å²) < 4.78 is 18.9. The van der Waals surface area contributed by atoms with Gasteiger partial charge in [0, 0.05) is 12.3 Å². The van der Waals surface area contributed by atoms with Crippen molar-refractivity contribution in [2.24, 2.45) is 0 Å². The number of nitrogens with zero attached hydrogens (tertiary/aromatic N) is 2. The van der Waals surface area contributed by atoms with Crippen LogP contribution in [0.5, 0.6) is 5.75 Å². The van der Waals surface area contributed by atoms with Crippen molar-refractivity contribution in [3.63, 3.8) is 0 Å². The van der Waals surface area contributed by atoms with Gasteiger partial charge in [0.15, 0.2) is 0 Å². The zero-order chi connectivity index (χ0) is 16.6. The molecule has 1 aliphatic rings. The molecule has 1 aromatic carbocycles. The van der Waals surface area contributed by atoms with E-state index in [2.05, 4.69) is 4.98 Å². The highest BCUT2D eigenvalue weighted by Gasteiger charge is 2.29. The summed E-state index contributed by atoms with van der Waals surface area (Å²) >= 11 is 0. The molecule has 3 rings (SSSR count). The summed E-state index contributed by atoms with van der Waals surface area (Å²) in [7, 11) is 0. The number of carboxylic acid groups (broad SMARTS) is 1. The fourth-order valence-electron chi connectivity index (χ4n) is 2.41. The molecule has 0 fully saturated rings. The highest BCUT2D eigenvalue weighted by molar-refractivity contribution is 6.07. The topological polar surface area (TPSA) is 79.7 Å². The van der Waals surface area contributed by atoms with Crippen LogP contribution < -0.4 is 9.64 Å². The molecule has 118 valence electrons. The molecule has 0 spiro atoms. The van der Waals surface area contributed by atoms with Crippen LogP contribution in [0, 0.1) is 5.82 Å². The second-order valence-electron chi connectivity index (χ2n) is 5.19. The van der Waals surface area contributed by atoms with Crippen LogP contribution in [0.4, 0.5) is 10.1 Å². The van der Waals surface area contributed by atoms with Gasteiger partial charge in [-0.05, 0) is 31.2 Å². The molecule has 0 saturated carbocycles. The number of carbonyl (C=O) groups excluding carboxylic acids is 1. The van der Waals surface area contributed by atoms with Gasteiger partial charge in [0.2, 0.25) is 0 Å². The minimum absolute atomic E-state index is 0.139. The zero-order valence-electron chi connectivity index (χ0n) is 12.2. The van der Waals surface area contributed by atoms with Gasteiger partial charge in [-0.2, -0.15) is 0 Å². The van der Waals surface area contributed by atoms with Crippen LogP contribution in [-0.2, 0) is 0 Å². The third-order valence-electron chi connectivity index (χ3n) is 3.46. The van der Waals surface area contributed by atoms with Gasteiger partial charge in [-0.15, -0.1) is 0 Å². The van der Waals surface area contributed by atoms with E-state index < -0.39 is 11.8 Å². The van der Waals surface area contributed by atoms with E-state index in [4.69, 9.17) is 9.84 Å². The smallest absolute Gasteiger partial charge is 0.354 e. The van der Waals surface area contributed by atoms with Gasteiger partial charge in [-0.3, -0.25) is 4.79 Å². The van der Waals surface area contributed by atoms with Crippen molar-refractivity contribution in [1.82, 2.24) is 4.98 Å². The first-order chi connectivity index (χ1) is 11.0. The fourth-order valence-corrected chi connectivity index (χ4v) is 2.41. The third-order valence-corrected chi connectivity index (χ3v) is 3.46. The van der Waals surface area contributed by atoms with E-state index in [1.807, 2.05) is 0 Å². The molecule has 1 amide bonds. The zero-order valence-corrected chi connectivity index (χ0v) is 12.2. The van der Waals surface area contributed by atoms with Crippen LogP contribution in [-0.4, -0.2) is 34.6 Å². The standard InChI is InChI=1S/C16H13FN2O4/c1-9-8-19(13-5-3-11(17)6-14(13)23-9)15(20)10-2-4-12(16(21)22)18-7-10/h2-7,9H,8H2,1H3,(H,21,22). The second-order valence-corrected chi connectivity index (χ2v) is 5.19. The highest BCUT2D eigenvalue weighted by atomic mass is 19.1. The van der Waals surface area contributed by atoms with Crippen molar-refractivity contribution in [1.29, 1.82) is 0 Å². The van der Waals surface area contributed by atoms with Gasteiger partial charge < -0.3 is 14.7 Å². The first-order valence-corrected chi connectivity index (χ1v) is 6.93. The van der Waals surface area contributed by atoms with E-state index in [1.165, 1.54) is 41.4 Å². The number of halogens is 1. The molecular weight excluding hydrogens is 303 g/mol. The number of hydrogen-bond acceptors (Lipinski definition) is 4. The maximum atomic E-state index is 13.3. The van der Waals surface area contributed by atoms with Crippen LogP contribution in [0.2, 0.25) is 0 Å². The largest absolute Gasteiger partial charge is 0.487 e. The number of anilines is 1. The Morgan fingerprint density at radius 2 is 2.13 bits per heavy atom. The molecule has 1 aliphatic heterocycles. The molecule has 0 aliphatic carbocycles. The van der Waals surface area contributed by atoms with Crippen molar-refractivity contribution in [3.8, 4) is 5.75 Å². The lowest BCUT2D eigenvalue weighted by molar-refractivity contribution is 0.0690. The average Bonchev–Trinajstić information content (AvgIpc) is 2.53.